The van der Waals surface area contributed by atoms with Gasteiger partial charge in [0.15, 0.2) is 0 Å². The number of ether oxygens (including phenoxy) is 1. The Morgan fingerprint density at radius 1 is 1.57 bits per heavy atom. The highest BCUT2D eigenvalue weighted by Gasteiger charge is 2.40. The van der Waals surface area contributed by atoms with E-state index in [1.54, 1.807) is 0 Å². The SMILES string of the molecule is NCCSC1CCOC2(CCSC2)C1. The quantitative estimate of drug-likeness (QED) is 0.805. The van der Waals surface area contributed by atoms with E-state index in [1.807, 2.05) is 23.5 Å². The van der Waals surface area contributed by atoms with Crippen LogP contribution in [0.5, 0.6) is 0 Å². The Balaban J connectivity index is 1.83. The minimum atomic E-state index is 0.245. The summed E-state index contributed by atoms with van der Waals surface area (Å²) in [5.74, 6) is 3.61. The van der Waals surface area contributed by atoms with Crippen molar-refractivity contribution in [2.24, 2.45) is 5.73 Å². The molecule has 2 atom stereocenters. The second-order valence-electron chi connectivity index (χ2n) is 4.11. The molecule has 14 heavy (non-hydrogen) atoms. The first-order valence-electron chi connectivity index (χ1n) is 5.38. The summed E-state index contributed by atoms with van der Waals surface area (Å²) < 4.78 is 5.97. The zero-order valence-corrected chi connectivity index (χ0v) is 10.2. The van der Waals surface area contributed by atoms with Gasteiger partial charge in [-0.05, 0) is 25.0 Å². The molecule has 0 aliphatic carbocycles. The monoisotopic (exact) mass is 233 g/mol. The van der Waals surface area contributed by atoms with Crippen molar-refractivity contribution in [2.45, 2.75) is 30.1 Å². The fourth-order valence-electron chi connectivity index (χ4n) is 2.22. The first-order chi connectivity index (χ1) is 6.85. The van der Waals surface area contributed by atoms with Crippen LogP contribution in [0.1, 0.15) is 19.3 Å². The lowest BCUT2D eigenvalue weighted by Crippen LogP contribution is -2.41. The van der Waals surface area contributed by atoms with Gasteiger partial charge >= 0.3 is 0 Å². The zero-order valence-electron chi connectivity index (χ0n) is 8.54. The average molecular weight is 233 g/mol. The molecule has 0 aromatic rings. The molecule has 0 saturated carbocycles. The third-order valence-corrected chi connectivity index (χ3v) is 5.55. The molecule has 2 aliphatic rings. The van der Waals surface area contributed by atoms with E-state index >= 15 is 0 Å². The summed E-state index contributed by atoms with van der Waals surface area (Å²) in [4.78, 5) is 0. The lowest BCUT2D eigenvalue weighted by molar-refractivity contribution is -0.0562. The summed E-state index contributed by atoms with van der Waals surface area (Å²) >= 11 is 4.09. The minimum absolute atomic E-state index is 0.245. The Hall–Kier alpha value is 0.620. The third-order valence-electron chi connectivity index (χ3n) is 2.99. The molecular weight excluding hydrogens is 214 g/mol. The Kier molecular flexibility index (Phi) is 4.05. The lowest BCUT2D eigenvalue weighted by atomic mass is 9.93. The molecule has 1 spiro atoms. The van der Waals surface area contributed by atoms with Crippen LogP contribution in [-0.4, -0.2) is 41.3 Å². The molecule has 2 fully saturated rings. The number of thioether (sulfide) groups is 2. The Labute approximate surface area is 94.7 Å². The van der Waals surface area contributed by atoms with Crippen molar-refractivity contribution in [3.8, 4) is 0 Å². The lowest BCUT2D eigenvalue weighted by Gasteiger charge is -2.37. The van der Waals surface area contributed by atoms with E-state index in [0.717, 1.165) is 24.2 Å². The number of hydrogen-bond donors (Lipinski definition) is 1. The summed E-state index contributed by atoms with van der Waals surface area (Å²) in [6, 6.07) is 0. The predicted octanol–water partition coefficient (Wildman–Crippen LogP) is 1.73. The van der Waals surface area contributed by atoms with Crippen LogP contribution < -0.4 is 5.73 Å². The molecule has 2 saturated heterocycles. The van der Waals surface area contributed by atoms with Crippen LogP contribution >= 0.6 is 23.5 Å². The van der Waals surface area contributed by atoms with E-state index in [2.05, 4.69) is 0 Å². The van der Waals surface area contributed by atoms with Crippen LogP contribution in [0.25, 0.3) is 0 Å². The van der Waals surface area contributed by atoms with Crippen LogP contribution in [0.4, 0.5) is 0 Å². The highest BCUT2D eigenvalue weighted by Crippen LogP contribution is 2.41. The Morgan fingerprint density at radius 2 is 2.50 bits per heavy atom. The van der Waals surface area contributed by atoms with Gasteiger partial charge in [0, 0.05) is 29.9 Å². The first-order valence-corrected chi connectivity index (χ1v) is 7.58. The maximum absolute atomic E-state index is 5.97. The maximum Gasteiger partial charge on any atom is 0.0790 e. The van der Waals surface area contributed by atoms with E-state index in [0.29, 0.717) is 0 Å². The van der Waals surface area contributed by atoms with E-state index in [9.17, 15) is 0 Å². The molecule has 2 nitrogen and oxygen atoms in total. The number of rotatable bonds is 3. The minimum Gasteiger partial charge on any atom is -0.374 e. The largest absolute Gasteiger partial charge is 0.374 e. The van der Waals surface area contributed by atoms with Crippen LogP contribution in [0.2, 0.25) is 0 Å². The molecule has 0 radical (unpaired) electrons. The smallest absolute Gasteiger partial charge is 0.0790 e. The van der Waals surface area contributed by atoms with Crippen molar-refractivity contribution in [2.75, 3.05) is 30.4 Å². The molecule has 2 rings (SSSR count). The summed E-state index contributed by atoms with van der Waals surface area (Å²) in [5.41, 5.74) is 5.78. The topological polar surface area (TPSA) is 35.2 Å². The predicted molar refractivity (Wildman–Crippen MR) is 65.2 cm³/mol. The van der Waals surface area contributed by atoms with Crippen LogP contribution in [0.3, 0.4) is 0 Å². The molecule has 4 heteroatoms. The average Bonchev–Trinajstić information content (AvgIpc) is 2.63. The van der Waals surface area contributed by atoms with Gasteiger partial charge in [-0.25, -0.2) is 0 Å². The van der Waals surface area contributed by atoms with Crippen molar-refractivity contribution in [1.29, 1.82) is 0 Å². The van der Waals surface area contributed by atoms with Gasteiger partial charge in [0.1, 0.15) is 0 Å². The summed E-state index contributed by atoms with van der Waals surface area (Å²) in [6.45, 7) is 1.77. The second kappa shape index (κ2) is 5.10. The van der Waals surface area contributed by atoms with Crippen LogP contribution in [0.15, 0.2) is 0 Å². The zero-order chi connectivity index (χ0) is 9.86. The van der Waals surface area contributed by atoms with Gasteiger partial charge in [-0.3, -0.25) is 0 Å². The molecule has 0 amide bonds. The van der Waals surface area contributed by atoms with Crippen LogP contribution in [-0.2, 0) is 4.74 Å². The molecule has 82 valence electrons. The number of hydrogen-bond acceptors (Lipinski definition) is 4. The Bertz CT molecular complexity index is 183. The summed E-state index contributed by atoms with van der Waals surface area (Å²) in [5, 5.41) is 0.797. The molecule has 0 aromatic heterocycles. The summed E-state index contributed by atoms with van der Waals surface area (Å²) in [7, 11) is 0. The molecule has 0 bridgehead atoms. The van der Waals surface area contributed by atoms with Crippen molar-refractivity contribution in [3.05, 3.63) is 0 Å². The van der Waals surface area contributed by atoms with Gasteiger partial charge in [-0.2, -0.15) is 23.5 Å². The molecular formula is C10H19NOS2. The molecule has 0 aromatic carbocycles. The van der Waals surface area contributed by atoms with Gasteiger partial charge in [0.25, 0.3) is 0 Å². The second-order valence-corrected chi connectivity index (χ2v) is 6.62. The van der Waals surface area contributed by atoms with Gasteiger partial charge in [0.2, 0.25) is 0 Å². The van der Waals surface area contributed by atoms with E-state index in [4.69, 9.17) is 10.5 Å². The third kappa shape index (κ3) is 2.60. The summed E-state index contributed by atoms with van der Waals surface area (Å²) in [6.07, 6.45) is 3.74. The standard InChI is InChI=1S/C10H19NOS2/c11-3-6-14-9-1-4-12-10(7-9)2-5-13-8-10/h9H,1-8,11H2. The van der Waals surface area contributed by atoms with Crippen LogP contribution in [0, 0.1) is 0 Å². The van der Waals surface area contributed by atoms with Gasteiger partial charge in [-0.1, -0.05) is 0 Å². The van der Waals surface area contributed by atoms with E-state index < -0.39 is 0 Å². The number of nitrogens with two attached hydrogens (primary N) is 1. The molecule has 2 N–H and O–H groups in total. The van der Waals surface area contributed by atoms with Crippen molar-refractivity contribution in [3.63, 3.8) is 0 Å². The van der Waals surface area contributed by atoms with E-state index in [1.165, 1.54) is 30.8 Å². The van der Waals surface area contributed by atoms with Gasteiger partial charge in [0.05, 0.1) is 5.60 Å². The van der Waals surface area contributed by atoms with Crippen molar-refractivity contribution >= 4 is 23.5 Å². The van der Waals surface area contributed by atoms with Crippen molar-refractivity contribution < 1.29 is 4.74 Å². The first kappa shape index (κ1) is 11.1. The Morgan fingerprint density at radius 3 is 3.21 bits per heavy atom. The molecule has 2 heterocycles. The fraction of sp³-hybridized carbons (Fsp3) is 1.00. The normalized spacial score (nSPS) is 37.9. The fourth-order valence-corrected chi connectivity index (χ4v) is 4.76. The van der Waals surface area contributed by atoms with E-state index in [-0.39, 0.29) is 5.60 Å². The molecule has 2 aliphatic heterocycles. The van der Waals surface area contributed by atoms with Gasteiger partial charge < -0.3 is 10.5 Å². The van der Waals surface area contributed by atoms with Gasteiger partial charge in [-0.15, -0.1) is 0 Å². The highest BCUT2D eigenvalue weighted by molar-refractivity contribution is 8.00. The molecule has 2 unspecified atom stereocenters. The highest BCUT2D eigenvalue weighted by atomic mass is 32.2. The van der Waals surface area contributed by atoms with Crippen molar-refractivity contribution in [1.82, 2.24) is 0 Å². The maximum atomic E-state index is 5.97.